The molecule has 0 radical (unpaired) electrons. The number of carboxylic acid groups (broad SMARTS) is 1. The van der Waals surface area contributed by atoms with Crippen LogP contribution in [0, 0.1) is 0 Å². The van der Waals surface area contributed by atoms with E-state index in [0.717, 1.165) is 23.0 Å². The van der Waals surface area contributed by atoms with Gasteiger partial charge in [-0.3, -0.25) is 4.79 Å². The Labute approximate surface area is 198 Å². The molecule has 0 atom stereocenters. The first-order valence-corrected chi connectivity index (χ1v) is 11.2. The monoisotopic (exact) mass is 473 g/mol. The molecule has 0 spiro atoms. The van der Waals surface area contributed by atoms with Crippen LogP contribution in [0.3, 0.4) is 0 Å². The summed E-state index contributed by atoms with van der Waals surface area (Å²) in [4.78, 5) is 30.5. The van der Waals surface area contributed by atoms with E-state index >= 15 is 0 Å². The van der Waals surface area contributed by atoms with Gasteiger partial charge in [-0.05, 0) is 53.1 Å². The fourth-order valence-electron chi connectivity index (χ4n) is 4.02. The first-order valence-electron chi connectivity index (χ1n) is 10.5. The second kappa shape index (κ2) is 9.03. The molecular formula is C25H19N3O5S. The van der Waals surface area contributed by atoms with Crippen LogP contribution in [-0.2, 0) is 17.6 Å². The van der Waals surface area contributed by atoms with Crippen molar-refractivity contribution in [2.24, 2.45) is 0 Å². The van der Waals surface area contributed by atoms with Gasteiger partial charge in [0.1, 0.15) is 16.8 Å². The highest BCUT2D eigenvalue weighted by molar-refractivity contribution is 7.00. The zero-order valence-corrected chi connectivity index (χ0v) is 19.0. The molecule has 2 aromatic carbocycles. The summed E-state index contributed by atoms with van der Waals surface area (Å²) >= 11 is 1.05. The second-order valence-corrected chi connectivity index (χ2v) is 8.29. The first kappa shape index (κ1) is 21.7. The van der Waals surface area contributed by atoms with Gasteiger partial charge >= 0.3 is 5.97 Å². The number of hydrogen-bond donors (Lipinski definition) is 1. The quantitative estimate of drug-likeness (QED) is 0.317. The molecule has 3 heterocycles. The molecule has 34 heavy (non-hydrogen) atoms. The van der Waals surface area contributed by atoms with Gasteiger partial charge in [-0.25, -0.2) is 9.78 Å². The Morgan fingerprint density at radius 2 is 1.88 bits per heavy atom. The molecule has 0 bridgehead atoms. The van der Waals surface area contributed by atoms with Crippen LogP contribution in [0.2, 0.25) is 0 Å². The fourth-order valence-corrected chi connectivity index (χ4v) is 4.54. The number of nitrogens with zero attached hydrogens (tertiary/aromatic N) is 3. The predicted molar refractivity (Wildman–Crippen MR) is 126 cm³/mol. The van der Waals surface area contributed by atoms with Gasteiger partial charge in [0.25, 0.3) is 0 Å². The number of allylic oxidation sites excluding steroid dienone is 1. The summed E-state index contributed by atoms with van der Waals surface area (Å²) in [6.45, 7) is 0.564. The average Bonchev–Trinajstić information content (AvgIpc) is 3.51. The molecule has 2 aromatic heterocycles. The molecular weight excluding hydrogens is 454 g/mol. The molecule has 0 unspecified atom stereocenters. The lowest BCUT2D eigenvalue weighted by molar-refractivity contribution is -0.130. The smallest absolute Gasteiger partial charge is 0.336 e. The molecule has 0 saturated heterocycles. The number of aliphatic carboxylic acids is 1. The molecule has 0 saturated carbocycles. The van der Waals surface area contributed by atoms with E-state index in [-0.39, 0.29) is 23.4 Å². The summed E-state index contributed by atoms with van der Waals surface area (Å²) in [5.74, 6) is -0.428. The Morgan fingerprint density at radius 3 is 2.71 bits per heavy atom. The van der Waals surface area contributed by atoms with Gasteiger partial charge in [0, 0.05) is 36.2 Å². The number of aromatic nitrogens is 3. The van der Waals surface area contributed by atoms with E-state index in [1.54, 1.807) is 54.7 Å². The summed E-state index contributed by atoms with van der Waals surface area (Å²) in [5.41, 5.74) is 3.77. The van der Waals surface area contributed by atoms with Gasteiger partial charge in [-0.15, -0.1) is 0 Å². The molecule has 1 N–H and O–H groups in total. The van der Waals surface area contributed by atoms with Crippen LogP contribution in [0.4, 0.5) is 0 Å². The number of methoxy groups -OCH3 is 1. The maximum atomic E-state index is 13.8. The molecule has 1 aliphatic rings. The molecule has 5 rings (SSSR count). The average molecular weight is 474 g/mol. The normalized spacial score (nSPS) is 13.2. The van der Waals surface area contributed by atoms with Crippen molar-refractivity contribution in [1.82, 2.24) is 13.7 Å². The minimum Gasteiger partial charge on any atom is -0.493 e. The van der Waals surface area contributed by atoms with Gasteiger partial charge in [0.15, 0.2) is 5.78 Å². The third-order valence-electron chi connectivity index (χ3n) is 5.67. The molecule has 4 aromatic rings. The standard InChI is InChI=1S/C25H19N3O5S/c1-32-22-11-14(6-8-26-22)10-18(24(29)17-3-5-21-15(12-17)7-9-33-21)23(25(30)31)16-2-4-19-20(13-16)28-34-27-19/h2-6,8,11-13H,7,9-10H2,1H3,(H,30,31). The maximum absolute atomic E-state index is 13.8. The van der Waals surface area contributed by atoms with Crippen molar-refractivity contribution >= 4 is 40.1 Å². The van der Waals surface area contributed by atoms with Gasteiger partial charge in [0.05, 0.1) is 31.0 Å². The van der Waals surface area contributed by atoms with Crippen molar-refractivity contribution in [2.45, 2.75) is 12.8 Å². The lowest BCUT2D eigenvalue weighted by atomic mass is 9.89. The molecule has 0 fully saturated rings. The van der Waals surface area contributed by atoms with E-state index in [4.69, 9.17) is 9.47 Å². The summed E-state index contributed by atoms with van der Waals surface area (Å²) in [5, 5.41) is 10.2. The predicted octanol–water partition coefficient (Wildman–Crippen LogP) is 3.99. The summed E-state index contributed by atoms with van der Waals surface area (Å²) in [7, 11) is 1.50. The number of hydrogen-bond acceptors (Lipinski definition) is 8. The third-order valence-corrected chi connectivity index (χ3v) is 6.23. The Bertz CT molecular complexity index is 1460. The Kier molecular flexibility index (Phi) is 5.77. The molecule has 170 valence electrons. The number of fused-ring (bicyclic) bond motifs is 2. The molecule has 0 amide bonds. The number of carbonyl (C=O) groups is 2. The van der Waals surface area contributed by atoms with Crippen LogP contribution in [0.1, 0.15) is 27.0 Å². The van der Waals surface area contributed by atoms with E-state index in [0.29, 0.717) is 46.6 Å². The minimum atomic E-state index is -1.20. The van der Waals surface area contributed by atoms with Crippen LogP contribution < -0.4 is 9.47 Å². The Morgan fingerprint density at radius 1 is 1.06 bits per heavy atom. The minimum absolute atomic E-state index is 0.0765. The number of carbonyl (C=O) groups excluding carboxylic acids is 1. The van der Waals surface area contributed by atoms with E-state index < -0.39 is 5.97 Å². The molecule has 8 nitrogen and oxygen atoms in total. The molecule has 0 aliphatic carbocycles. The van der Waals surface area contributed by atoms with Crippen molar-refractivity contribution in [3.05, 3.63) is 82.6 Å². The summed E-state index contributed by atoms with van der Waals surface area (Å²) in [6.07, 6.45) is 2.35. The van der Waals surface area contributed by atoms with Crippen LogP contribution in [-0.4, -0.2) is 44.3 Å². The largest absolute Gasteiger partial charge is 0.493 e. The number of rotatable bonds is 7. The summed E-state index contributed by atoms with van der Waals surface area (Å²) in [6, 6.07) is 13.7. The highest BCUT2D eigenvalue weighted by Gasteiger charge is 2.26. The highest BCUT2D eigenvalue weighted by atomic mass is 32.1. The number of ketones is 1. The second-order valence-electron chi connectivity index (χ2n) is 7.76. The SMILES string of the molecule is COc1cc(CC(C(=O)c2ccc3c(c2)CCO3)=C(C(=O)O)c2ccc3nsnc3c2)ccn1. The van der Waals surface area contributed by atoms with E-state index in [1.165, 1.54) is 7.11 Å². The van der Waals surface area contributed by atoms with Gasteiger partial charge in [0.2, 0.25) is 5.88 Å². The number of Topliss-reactive ketones (excluding diaryl/α,β-unsaturated/α-hetero) is 1. The number of ether oxygens (including phenoxy) is 2. The van der Waals surface area contributed by atoms with Crippen molar-refractivity contribution in [1.29, 1.82) is 0 Å². The number of pyridine rings is 1. The summed E-state index contributed by atoms with van der Waals surface area (Å²) < 4.78 is 19.2. The van der Waals surface area contributed by atoms with Gasteiger partial charge < -0.3 is 14.6 Å². The van der Waals surface area contributed by atoms with E-state index in [2.05, 4.69) is 13.7 Å². The number of benzene rings is 2. The van der Waals surface area contributed by atoms with E-state index in [9.17, 15) is 14.7 Å². The van der Waals surface area contributed by atoms with Crippen LogP contribution in [0.15, 0.2) is 60.3 Å². The van der Waals surface area contributed by atoms with Gasteiger partial charge in [-0.1, -0.05) is 6.07 Å². The Balaban J connectivity index is 1.68. The van der Waals surface area contributed by atoms with Crippen molar-refractivity contribution in [3.63, 3.8) is 0 Å². The third kappa shape index (κ3) is 4.13. The van der Waals surface area contributed by atoms with Gasteiger partial charge in [-0.2, -0.15) is 8.75 Å². The highest BCUT2D eigenvalue weighted by Crippen LogP contribution is 2.31. The Hall–Kier alpha value is -4.11. The fraction of sp³-hybridized carbons (Fsp3) is 0.160. The first-order chi connectivity index (χ1) is 16.5. The van der Waals surface area contributed by atoms with Crippen LogP contribution in [0.5, 0.6) is 11.6 Å². The zero-order chi connectivity index (χ0) is 23.7. The lowest BCUT2D eigenvalue weighted by Crippen LogP contribution is -2.14. The van der Waals surface area contributed by atoms with Crippen LogP contribution >= 0.6 is 11.7 Å². The van der Waals surface area contributed by atoms with E-state index in [1.807, 2.05) is 0 Å². The van der Waals surface area contributed by atoms with Crippen molar-refractivity contribution in [2.75, 3.05) is 13.7 Å². The maximum Gasteiger partial charge on any atom is 0.336 e. The van der Waals surface area contributed by atoms with Crippen molar-refractivity contribution in [3.8, 4) is 11.6 Å². The molecule has 1 aliphatic heterocycles. The lowest BCUT2D eigenvalue weighted by Gasteiger charge is -2.14. The number of carboxylic acids is 1. The van der Waals surface area contributed by atoms with Crippen LogP contribution in [0.25, 0.3) is 16.6 Å². The topological polar surface area (TPSA) is 112 Å². The van der Waals surface area contributed by atoms with Crippen molar-refractivity contribution < 1.29 is 24.2 Å². The molecule has 9 heteroatoms. The zero-order valence-electron chi connectivity index (χ0n) is 18.1.